The molecule has 1 N–H and O–H groups in total. The van der Waals surface area contributed by atoms with Gasteiger partial charge in [0.1, 0.15) is 11.8 Å². The maximum atomic E-state index is 13.7. The highest BCUT2D eigenvalue weighted by Crippen LogP contribution is 2.26. The molecule has 3 aromatic rings. The Morgan fingerprint density at radius 2 is 1.49 bits per heavy atom. The minimum Gasteiger partial charge on any atom is -0.497 e. The van der Waals surface area contributed by atoms with Gasteiger partial charge in [0, 0.05) is 18.5 Å². The lowest BCUT2D eigenvalue weighted by molar-refractivity contribution is -0.143. The van der Waals surface area contributed by atoms with Gasteiger partial charge in [-0.05, 0) is 56.2 Å². The fourth-order valence-corrected chi connectivity index (χ4v) is 3.93. The number of methoxy groups -OCH3 is 2. The highest BCUT2D eigenvalue weighted by molar-refractivity contribution is 5.89. The molecule has 0 aliphatic carbocycles. The predicted octanol–water partition coefficient (Wildman–Crippen LogP) is 4.64. The van der Waals surface area contributed by atoms with Gasteiger partial charge >= 0.3 is 0 Å². The first-order valence-corrected chi connectivity index (χ1v) is 12.2. The Morgan fingerprint density at radius 1 is 0.838 bits per heavy atom. The lowest BCUT2D eigenvalue weighted by Crippen LogP contribution is -2.55. The third-order valence-corrected chi connectivity index (χ3v) is 5.68. The standard InChI is InChI=1S/C30H36N2O5/c1-30(2,3)31-29(34)25(19-22-12-7-6-8-13-22)32(20-23-14-11-15-24(18-23)35-4)28(33)21-37-27-17-10-9-16-26(27)36-5/h6-18,25H,19-21H2,1-5H3,(H,31,34)/t25-/m1/s1. The van der Waals surface area contributed by atoms with Crippen molar-refractivity contribution in [1.29, 1.82) is 0 Å². The second kappa shape index (κ2) is 12.8. The van der Waals surface area contributed by atoms with Crippen LogP contribution in [0.4, 0.5) is 0 Å². The third-order valence-electron chi connectivity index (χ3n) is 5.68. The second-order valence-corrected chi connectivity index (χ2v) is 9.76. The molecule has 2 amide bonds. The zero-order chi connectivity index (χ0) is 26.8. The molecule has 0 saturated carbocycles. The number of nitrogens with zero attached hydrogens (tertiary/aromatic N) is 1. The Labute approximate surface area is 219 Å². The molecule has 1 atom stereocenters. The lowest BCUT2D eigenvalue weighted by atomic mass is 10.0. The topological polar surface area (TPSA) is 77.1 Å². The quantitative estimate of drug-likeness (QED) is 0.412. The minimum atomic E-state index is -0.762. The number of amides is 2. The summed E-state index contributed by atoms with van der Waals surface area (Å²) in [6, 6.07) is 23.5. The molecule has 196 valence electrons. The van der Waals surface area contributed by atoms with Gasteiger partial charge < -0.3 is 24.4 Å². The first-order chi connectivity index (χ1) is 17.7. The molecule has 0 aliphatic heterocycles. The molecule has 0 fully saturated rings. The summed E-state index contributed by atoms with van der Waals surface area (Å²) >= 11 is 0. The van der Waals surface area contributed by atoms with Crippen molar-refractivity contribution in [2.75, 3.05) is 20.8 Å². The van der Waals surface area contributed by atoms with Crippen molar-refractivity contribution in [2.45, 2.75) is 45.3 Å². The zero-order valence-electron chi connectivity index (χ0n) is 22.2. The van der Waals surface area contributed by atoms with Crippen LogP contribution in [0.2, 0.25) is 0 Å². The molecule has 3 rings (SSSR count). The molecule has 0 saturated heterocycles. The molecule has 0 spiro atoms. The van der Waals surface area contributed by atoms with Crippen molar-refractivity contribution in [1.82, 2.24) is 10.2 Å². The molecule has 0 heterocycles. The Hall–Kier alpha value is -4.00. The molecular formula is C30H36N2O5. The van der Waals surface area contributed by atoms with Gasteiger partial charge in [-0.1, -0.05) is 54.6 Å². The van der Waals surface area contributed by atoms with E-state index < -0.39 is 11.6 Å². The number of ether oxygens (including phenoxy) is 3. The molecule has 0 bridgehead atoms. The van der Waals surface area contributed by atoms with Crippen LogP contribution in [0.15, 0.2) is 78.9 Å². The Morgan fingerprint density at radius 3 is 2.14 bits per heavy atom. The number of hydrogen-bond acceptors (Lipinski definition) is 5. The van der Waals surface area contributed by atoms with Crippen molar-refractivity contribution in [2.24, 2.45) is 0 Å². The van der Waals surface area contributed by atoms with Crippen LogP contribution < -0.4 is 19.5 Å². The molecule has 0 aromatic heterocycles. The molecule has 0 unspecified atom stereocenters. The highest BCUT2D eigenvalue weighted by Gasteiger charge is 2.32. The van der Waals surface area contributed by atoms with Gasteiger partial charge in [-0.3, -0.25) is 9.59 Å². The zero-order valence-corrected chi connectivity index (χ0v) is 22.2. The Bertz CT molecular complexity index is 1170. The molecule has 0 aliphatic rings. The predicted molar refractivity (Wildman–Crippen MR) is 144 cm³/mol. The van der Waals surface area contributed by atoms with Crippen LogP contribution in [-0.2, 0) is 22.6 Å². The SMILES string of the molecule is COc1cccc(CN(C(=O)COc2ccccc2OC)[C@H](Cc2ccccc2)C(=O)NC(C)(C)C)c1. The molecular weight excluding hydrogens is 468 g/mol. The minimum absolute atomic E-state index is 0.209. The van der Waals surface area contributed by atoms with E-state index in [0.29, 0.717) is 23.7 Å². The van der Waals surface area contributed by atoms with E-state index in [9.17, 15) is 9.59 Å². The summed E-state index contributed by atoms with van der Waals surface area (Å²) < 4.78 is 16.6. The van der Waals surface area contributed by atoms with Crippen LogP contribution >= 0.6 is 0 Å². The van der Waals surface area contributed by atoms with Gasteiger partial charge in [0.2, 0.25) is 5.91 Å². The van der Waals surface area contributed by atoms with E-state index in [1.165, 1.54) is 0 Å². The van der Waals surface area contributed by atoms with Crippen LogP contribution in [0.25, 0.3) is 0 Å². The van der Waals surface area contributed by atoms with Crippen LogP contribution in [0.3, 0.4) is 0 Å². The van der Waals surface area contributed by atoms with E-state index in [-0.39, 0.29) is 25.0 Å². The van der Waals surface area contributed by atoms with E-state index in [4.69, 9.17) is 14.2 Å². The van der Waals surface area contributed by atoms with Gasteiger partial charge in [-0.25, -0.2) is 0 Å². The first kappa shape index (κ1) is 27.6. The number of carbonyl (C=O) groups excluding carboxylic acids is 2. The fraction of sp³-hybridized carbons (Fsp3) is 0.333. The van der Waals surface area contributed by atoms with E-state index in [1.54, 1.807) is 31.3 Å². The number of hydrogen-bond donors (Lipinski definition) is 1. The maximum absolute atomic E-state index is 13.7. The molecule has 37 heavy (non-hydrogen) atoms. The van der Waals surface area contributed by atoms with Gasteiger partial charge in [0.05, 0.1) is 14.2 Å². The number of para-hydroxylation sites is 2. The van der Waals surface area contributed by atoms with E-state index in [0.717, 1.165) is 11.1 Å². The van der Waals surface area contributed by atoms with E-state index >= 15 is 0 Å². The maximum Gasteiger partial charge on any atom is 0.261 e. The smallest absolute Gasteiger partial charge is 0.261 e. The normalized spacial score (nSPS) is 11.8. The highest BCUT2D eigenvalue weighted by atomic mass is 16.5. The summed E-state index contributed by atoms with van der Waals surface area (Å²) in [5.74, 6) is 1.11. The van der Waals surface area contributed by atoms with Gasteiger partial charge in [-0.15, -0.1) is 0 Å². The average molecular weight is 505 g/mol. The van der Waals surface area contributed by atoms with Gasteiger partial charge in [0.15, 0.2) is 18.1 Å². The number of carbonyl (C=O) groups is 2. The fourth-order valence-electron chi connectivity index (χ4n) is 3.93. The van der Waals surface area contributed by atoms with Crippen molar-refractivity contribution in [3.8, 4) is 17.2 Å². The van der Waals surface area contributed by atoms with Crippen molar-refractivity contribution >= 4 is 11.8 Å². The summed E-state index contributed by atoms with van der Waals surface area (Å²) in [4.78, 5) is 28.9. The number of nitrogens with one attached hydrogen (secondary N) is 1. The van der Waals surface area contributed by atoms with Crippen LogP contribution in [0.1, 0.15) is 31.9 Å². The summed E-state index contributed by atoms with van der Waals surface area (Å²) in [5.41, 5.74) is 1.32. The van der Waals surface area contributed by atoms with Crippen molar-refractivity contribution in [3.63, 3.8) is 0 Å². The van der Waals surface area contributed by atoms with E-state index in [2.05, 4.69) is 5.32 Å². The third kappa shape index (κ3) is 8.27. The average Bonchev–Trinajstić information content (AvgIpc) is 2.89. The monoisotopic (exact) mass is 504 g/mol. The molecule has 3 aromatic carbocycles. The number of benzene rings is 3. The summed E-state index contributed by atoms with van der Waals surface area (Å²) in [5, 5.41) is 3.06. The lowest BCUT2D eigenvalue weighted by Gasteiger charge is -2.33. The Kier molecular flexibility index (Phi) is 9.55. The van der Waals surface area contributed by atoms with E-state index in [1.807, 2.05) is 87.5 Å². The van der Waals surface area contributed by atoms with Crippen LogP contribution in [0.5, 0.6) is 17.2 Å². The van der Waals surface area contributed by atoms with Gasteiger partial charge in [-0.2, -0.15) is 0 Å². The first-order valence-electron chi connectivity index (χ1n) is 12.2. The Balaban J connectivity index is 1.96. The molecule has 0 radical (unpaired) electrons. The molecule has 7 heteroatoms. The van der Waals surface area contributed by atoms with Crippen LogP contribution in [-0.4, -0.2) is 49.1 Å². The van der Waals surface area contributed by atoms with Gasteiger partial charge in [0.25, 0.3) is 5.91 Å². The summed E-state index contributed by atoms with van der Waals surface area (Å²) in [6.07, 6.45) is 0.354. The second-order valence-electron chi connectivity index (χ2n) is 9.76. The van der Waals surface area contributed by atoms with Crippen molar-refractivity contribution in [3.05, 3.63) is 90.0 Å². The number of rotatable bonds is 11. The van der Waals surface area contributed by atoms with Crippen molar-refractivity contribution < 1.29 is 23.8 Å². The summed E-state index contributed by atoms with van der Waals surface area (Å²) in [7, 11) is 3.14. The largest absolute Gasteiger partial charge is 0.497 e. The summed E-state index contributed by atoms with van der Waals surface area (Å²) in [6.45, 7) is 5.72. The van der Waals surface area contributed by atoms with Crippen LogP contribution in [0, 0.1) is 0 Å². The molecule has 7 nitrogen and oxygen atoms in total.